The van der Waals surface area contributed by atoms with E-state index in [2.05, 4.69) is 15.1 Å². The summed E-state index contributed by atoms with van der Waals surface area (Å²) in [6.07, 6.45) is -1.65. The monoisotopic (exact) mass is 283 g/mol. The lowest BCUT2D eigenvalue weighted by Crippen LogP contribution is -2.42. The van der Waals surface area contributed by atoms with E-state index in [-0.39, 0.29) is 11.5 Å². The maximum absolute atomic E-state index is 14.3. The van der Waals surface area contributed by atoms with Gasteiger partial charge in [0, 0.05) is 0 Å². The molecule has 9 heteroatoms. The number of aromatic nitrogens is 4. The molecule has 4 atom stereocenters. The molecule has 108 valence electrons. The van der Waals surface area contributed by atoms with Gasteiger partial charge in [0.05, 0.1) is 18.5 Å². The first-order valence-electron chi connectivity index (χ1n) is 6.03. The standard InChI is InChI=1S/C11H14FN5O3/c1-11(3-18)8(19)6(12)7(20-11)5-2-14-10-9(13)15-4-16-17(5)10/h2,4,6-8,18-19H,3H2,1H3,(H2,13,15,16)/t6-,7?,8-,11+/m0/s1. The molecule has 4 N–H and O–H groups in total. The van der Waals surface area contributed by atoms with Crippen LogP contribution in [0.1, 0.15) is 18.7 Å². The van der Waals surface area contributed by atoms with Crippen molar-refractivity contribution in [1.29, 1.82) is 0 Å². The molecule has 0 aliphatic carbocycles. The Kier molecular flexibility index (Phi) is 2.85. The zero-order valence-corrected chi connectivity index (χ0v) is 10.6. The second-order valence-corrected chi connectivity index (χ2v) is 4.96. The van der Waals surface area contributed by atoms with Crippen LogP contribution in [0.15, 0.2) is 12.5 Å². The van der Waals surface area contributed by atoms with Gasteiger partial charge in [-0.15, -0.1) is 0 Å². The second kappa shape index (κ2) is 4.33. The zero-order valence-electron chi connectivity index (χ0n) is 10.6. The highest BCUT2D eigenvalue weighted by Crippen LogP contribution is 2.41. The molecule has 3 rings (SSSR count). The fourth-order valence-electron chi connectivity index (χ4n) is 2.33. The molecule has 3 heterocycles. The number of nitrogen functional groups attached to an aromatic ring is 1. The molecular formula is C11H14FN5O3. The molecule has 0 amide bonds. The smallest absolute Gasteiger partial charge is 0.196 e. The number of hydrogen-bond acceptors (Lipinski definition) is 7. The third kappa shape index (κ3) is 1.67. The minimum Gasteiger partial charge on any atom is -0.393 e. The summed E-state index contributed by atoms with van der Waals surface area (Å²) in [6, 6.07) is 0. The van der Waals surface area contributed by atoms with Crippen LogP contribution in [0.5, 0.6) is 0 Å². The third-order valence-electron chi connectivity index (χ3n) is 3.58. The second-order valence-electron chi connectivity index (χ2n) is 4.96. The van der Waals surface area contributed by atoms with E-state index in [0.29, 0.717) is 5.69 Å². The highest BCUT2D eigenvalue weighted by Gasteiger charge is 2.53. The molecule has 1 saturated heterocycles. The molecule has 0 radical (unpaired) electrons. The van der Waals surface area contributed by atoms with Gasteiger partial charge in [-0.3, -0.25) is 0 Å². The minimum atomic E-state index is -1.71. The molecule has 0 saturated carbocycles. The van der Waals surface area contributed by atoms with Gasteiger partial charge in [-0.1, -0.05) is 0 Å². The van der Waals surface area contributed by atoms with Crippen LogP contribution in [0.3, 0.4) is 0 Å². The molecule has 1 fully saturated rings. The quantitative estimate of drug-likeness (QED) is 0.662. The van der Waals surface area contributed by atoms with Gasteiger partial charge in [-0.05, 0) is 6.92 Å². The number of fused-ring (bicyclic) bond motifs is 1. The van der Waals surface area contributed by atoms with Crippen molar-refractivity contribution in [3.63, 3.8) is 0 Å². The Morgan fingerprint density at radius 1 is 1.55 bits per heavy atom. The number of nitrogens with zero attached hydrogens (tertiary/aromatic N) is 4. The zero-order chi connectivity index (χ0) is 14.5. The summed E-state index contributed by atoms with van der Waals surface area (Å²) in [6.45, 7) is 0.940. The predicted molar refractivity (Wildman–Crippen MR) is 65.4 cm³/mol. The first kappa shape index (κ1) is 13.2. The molecule has 20 heavy (non-hydrogen) atoms. The summed E-state index contributed by atoms with van der Waals surface area (Å²) in [5.74, 6) is 0.158. The van der Waals surface area contributed by atoms with Crippen LogP contribution in [0.2, 0.25) is 0 Å². The summed E-state index contributed by atoms with van der Waals surface area (Å²) in [5.41, 5.74) is 4.87. The van der Waals surface area contributed by atoms with Gasteiger partial charge in [-0.25, -0.2) is 18.9 Å². The molecule has 8 nitrogen and oxygen atoms in total. The molecule has 2 aromatic heterocycles. The van der Waals surface area contributed by atoms with Crippen LogP contribution in [0.4, 0.5) is 10.2 Å². The first-order chi connectivity index (χ1) is 9.48. The summed E-state index contributed by atoms with van der Waals surface area (Å²) in [4.78, 5) is 7.80. The van der Waals surface area contributed by atoms with Crippen LogP contribution >= 0.6 is 0 Å². The Balaban J connectivity index is 2.06. The molecule has 0 aromatic carbocycles. The van der Waals surface area contributed by atoms with E-state index in [1.807, 2.05) is 0 Å². The largest absolute Gasteiger partial charge is 0.393 e. The third-order valence-corrected chi connectivity index (χ3v) is 3.58. The van der Waals surface area contributed by atoms with Crippen molar-refractivity contribution in [3.8, 4) is 0 Å². The van der Waals surface area contributed by atoms with E-state index in [9.17, 15) is 14.6 Å². The lowest BCUT2D eigenvalue weighted by molar-refractivity contribution is -0.100. The number of aliphatic hydroxyl groups excluding tert-OH is 2. The SMILES string of the molecule is C[C@]1(CO)OC(c2cnc3c(N)ncnn23)[C@H](F)[C@@H]1O. The van der Waals surface area contributed by atoms with Gasteiger partial charge < -0.3 is 20.7 Å². The fourth-order valence-corrected chi connectivity index (χ4v) is 2.33. The van der Waals surface area contributed by atoms with Crippen molar-refractivity contribution in [3.05, 3.63) is 18.2 Å². The Labute approximate surface area is 113 Å². The van der Waals surface area contributed by atoms with Crippen LogP contribution in [0, 0.1) is 0 Å². The van der Waals surface area contributed by atoms with Crippen molar-refractivity contribution >= 4 is 11.5 Å². The first-order valence-corrected chi connectivity index (χ1v) is 6.03. The average molecular weight is 283 g/mol. The fraction of sp³-hybridized carbons (Fsp3) is 0.545. The number of rotatable bonds is 2. The van der Waals surface area contributed by atoms with Gasteiger partial charge in [0.25, 0.3) is 0 Å². The van der Waals surface area contributed by atoms with Crippen molar-refractivity contribution in [1.82, 2.24) is 19.6 Å². The van der Waals surface area contributed by atoms with Crippen molar-refractivity contribution in [2.24, 2.45) is 0 Å². The van der Waals surface area contributed by atoms with Crippen LogP contribution < -0.4 is 5.73 Å². The Morgan fingerprint density at radius 3 is 2.95 bits per heavy atom. The highest BCUT2D eigenvalue weighted by molar-refractivity contribution is 5.58. The number of imidazole rings is 1. The van der Waals surface area contributed by atoms with Crippen LogP contribution in [0.25, 0.3) is 5.65 Å². The van der Waals surface area contributed by atoms with Crippen LogP contribution in [-0.2, 0) is 4.74 Å². The normalized spacial score (nSPS) is 33.9. The van der Waals surface area contributed by atoms with Crippen molar-refractivity contribution in [2.75, 3.05) is 12.3 Å². The lowest BCUT2D eigenvalue weighted by Gasteiger charge is -2.24. The number of ether oxygens (including phenoxy) is 1. The Morgan fingerprint density at radius 2 is 2.30 bits per heavy atom. The van der Waals surface area contributed by atoms with Gasteiger partial charge in [0.15, 0.2) is 17.6 Å². The van der Waals surface area contributed by atoms with E-state index in [0.717, 1.165) is 0 Å². The van der Waals surface area contributed by atoms with E-state index in [1.54, 1.807) is 0 Å². The number of halogens is 1. The maximum Gasteiger partial charge on any atom is 0.196 e. The van der Waals surface area contributed by atoms with E-state index in [1.165, 1.54) is 24.0 Å². The number of nitrogens with two attached hydrogens (primary N) is 1. The molecule has 1 aliphatic rings. The predicted octanol–water partition coefficient (Wildman–Crippen LogP) is -0.772. The molecule has 1 aliphatic heterocycles. The maximum atomic E-state index is 14.3. The van der Waals surface area contributed by atoms with E-state index in [4.69, 9.17) is 10.5 Å². The van der Waals surface area contributed by atoms with Gasteiger partial charge in [-0.2, -0.15) is 5.10 Å². The Hall–Kier alpha value is -1.84. The van der Waals surface area contributed by atoms with Gasteiger partial charge in [0.2, 0.25) is 0 Å². The van der Waals surface area contributed by atoms with Crippen LogP contribution in [-0.4, -0.2) is 54.3 Å². The Bertz CT molecular complexity index is 650. The molecule has 2 aromatic rings. The summed E-state index contributed by atoms with van der Waals surface area (Å²) < 4.78 is 21.0. The van der Waals surface area contributed by atoms with Crippen molar-refractivity contribution in [2.45, 2.75) is 30.9 Å². The highest BCUT2D eigenvalue weighted by atomic mass is 19.1. The summed E-state index contributed by atoms with van der Waals surface area (Å²) >= 11 is 0. The lowest BCUT2D eigenvalue weighted by atomic mass is 9.98. The van der Waals surface area contributed by atoms with E-state index >= 15 is 0 Å². The molecule has 0 bridgehead atoms. The van der Waals surface area contributed by atoms with Crippen molar-refractivity contribution < 1.29 is 19.3 Å². The summed E-state index contributed by atoms with van der Waals surface area (Å²) in [5, 5.41) is 23.1. The minimum absolute atomic E-state index is 0.158. The summed E-state index contributed by atoms with van der Waals surface area (Å²) in [7, 11) is 0. The molecule has 0 spiro atoms. The number of hydrogen-bond donors (Lipinski definition) is 3. The van der Waals surface area contributed by atoms with E-state index < -0.39 is 30.6 Å². The number of aliphatic hydroxyl groups is 2. The molecule has 1 unspecified atom stereocenters. The van der Waals surface area contributed by atoms with Gasteiger partial charge in [0.1, 0.15) is 24.1 Å². The number of anilines is 1. The molecular weight excluding hydrogens is 269 g/mol. The topological polar surface area (TPSA) is 119 Å². The van der Waals surface area contributed by atoms with Gasteiger partial charge >= 0.3 is 0 Å². The average Bonchev–Trinajstić information content (AvgIpc) is 2.96. The number of alkyl halides is 1.